The van der Waals surface area contributed by atoms with Crippen molar-refractivity contribution in [3.8, 4) is 0 Å². The highest BCUT2D eigenvalue weighted by Crippen LogP contribution is 2.10. The summed E-state index contributed by atoms with van der Waals surface area (Å²) in [6.07, 6.45) is 3.19. The van der Waals surface area contributed by atoms with E-state index in [1.165, 1.54) is 24.0 Å². The van der Waals surface area contributed by atoms with E-state index in [4.69, 9.17) is 5.11 Å². The molecule has 0 saturated carbocycles. The van der Waals surface area contributed by atoms with Crippen LogP contribution >= 0.6 is 0 Å². The molecule has 1 amide bonds. The second-order valence-corrected chi connectivity index (χ2v) is 3.83. The molecule has 6 heteroatoms. The van der Waals surface area contributed by atoms with Gasteiger partial charge in [-0.05, 0) is 13.3 Å². The summed E-state index contributed by atoms with van der Waals surface area (Å²) < 4.78 is 1.53. The lowest BCUT2D eigenvalue weighted by Gasteiger charge is -2.24. The molecular formula is C10H15N3O3. The van der Waals surface area contributed by atoms with Crippen molar-refractivity contribution in [3.05, 3.63) is 18.2 Å². The lowest BCUT2D eigenvalue weighted by atomic mass is 9.99. The topological polar surface area (TPSA) is 84.2 Å². The fourth-order valence-electron chi connectivity index (χ4n) is 1.18. The van der Waals surface area contributed by atoms with E-state index >= 15 is 0 Å². The SMILES string of the molecule is CCC(C)(NC(=O)c1cncn1C)C(=O)O. The third-order valence-electron chi connectivity index (χ3n) is 2.62. The van der Waals surface area contributed by atoms with Crippen molar-refractivity contribution in [2.45, 2.75) is 25.8 Å². The highest BCUT2D eigenvalue weighted by molar-refractivity contribution is 5.96. The zero-order valence-corrected chi connectivity index (χ0v) is 9.52. The standard InChI is InChI=1S/C10H15N3O3/c1-4-10(2,9(15)16)12-8(14)7-5-11-6-13(7)3/h5-6H,4H2,1-3H3,(H,12,14)(H,15,16). The largest absolute Gasteiger partial charge is 0.480 e. The van der Waals surface area contributed by atoms with Gasteiger partial charge in [0.15, 0.2) is 0 Å². The normalized spacial score (nSPS) is 14.2. The lowest BCUT2D eigenvalue weighted by Crippen LogP contribution is -2.52. The average molecular weight is 225 g/mol. The van der Waals surface area contributed by atoms with Gasteiger partial charge in [0, 0.05) is 7.05 Å². The van der Waals surface area contributed by atoms with Gasteiger partial charge < -0.3 is 15.0 Å². The summed E-state index contributed by atoms with van der Waals surface area (Å²) in [6, 6.07) is 0. The summed E-state index contributed by atoms with van der Waals surface area (Å²) in [4.78, 5) is 26.6. The molecule has 0 aliphatic carbocycles. The Kier molecular flexibility index (Phi) is 3.31. The van der Waals surface area contributed by atoms with Crippen LogP contribution in [-0.4, -0.2) is 32.1 Å². The number of carboxylic acids is 1. The molecule has 0 spiro atoms. The Hall–Kier alpha value is -1.85. The molecule has 1 aromatic heterocycles. The summed E-state index contributed by atoms with van der Waals surface area (Å²) >= 11 is 0. The highest BCUT2D eigenvalue weighted by Gasteiger charge is 2.33. The maximum Gasteiger partial charge on any atom is 0.329 e. The second-order valence-electron chi connectivity index (χ2n) is 3.83. The molecule has 1 rings (SSSR count). The Morgan fingerprint density at radius 2 is 2.25 bits per heavy atom. The number of carbonyl (C=O) groups is 2. The minimum absolute atomic E-state index is 0.311. The summed E-state index contributed by atoms with van der Waals surface area (Å²) in [6.45, 7) is 3.18. The van der Waals surface area contributed by atoms with Gasteiger partial charge in [0.1, 0.15) is 11.2 Å². The predicted molar refractivity (Wildman–Crippen MR) is 57.0 cm³/mol. The Morgan fingerprint density at radius 1 is 1.62 bits per heavy atom. The maximum absolute atomic E-state index is 11.8. The molecule has 0 saturated heterocycles. The first-order valence-electron chi connectivity index (χ1n) is 4.93. The number of nitrogens with zero attached hydrogens (tertiary/aromatic N) is 2. The maximum atomic E-state index is 11.8. The monoisotopic (exact) mass is 225 g/mol. The van der Waals surface area contributed by atoms with E-state index in [1.807, 2.05) is 0 Å². The van der Waals surface area contributed by atoms with Crippen molar-refractivity contribution in [1.82, 2.24) is 14.9 Å². The second kappa shape index (κ2) is 4.34. The third kappa shape index (κ3) is 2.21. The molecule has 0 aliphatic rings. The van der Waals surface area contributed by atoms with Crippen LogP contribution < -0.4 is 5.32 Å². The van der Waals surface area contributed by atoms with Gasteiger partial charge in [-0.25, -0.2) is 9.78 Å². The molecule has 0 fully saturated rings. The Morgan fingerprint density at radius 3 is 2.62 bits per heavy atom. The van der Waals surface area contributed by atoms with E-state index in [0.717, 1.165) is 0 Å². The summed E-state index contributed by atoms with van der Waals surface area (Å²) in [5, 5.41) is 11.5. The van der Waals surface area contributed by atoms with Crippen molar-refractivity contribution < 1.29 is 14.7 Å². The van der Waals surface area contributed by atoms with Crippen LogP contribution in [0, 0.1) is 0 Å². The van der Waals surface area contributed by atoms with Crippen molar-refractivity contribution in [3.63, 3.8) is 0 Å². The number of imidazole rings is 1. The Bertz CT molecular complexity index is 413. The smallest absolute Gasteiger partial charge is 0.329 e. The molecule has 88 valence electrons. The number of amides is 1. The van der Waals surface area contributed by atoms with Crippen LogP contribution in [0.1, 0.15) is 30.8 Å². The van der Waals surface area contributed by atoms with Crippen LogP contribution in [0.25, 0.3) is 0 Å². The quantitative estimate of drug-likeness (QED) is 0.777. The van der Waals surface area contributed by atoms with Gasteiger partial charge in [-0.2, -0.15) is 0 Å². The first-order valence-corrected chi connectivity index (χ1v) is 4.93. The fraction of sp³-hybridized carbons (Fsp3) is 0.500. The van der Waals surface area contributed by atoms with Crippen LogP contribution in [-0.2, 0) is 11.8 Å². The van der Waals surface area contributed by atoms with E-state index in [-0.39, 0.29) is 0 Å². The molecule has 16 heavy (non-hydrogen) atoms. The number of aryl methyl sites for hydroxylation is 1. The van der Waals surface area contributed by atoms with E-state index < -0.39 is 17.4 Å². The van der Waals surface area contributed by atoms with Crippen LogP contribution in [0.15, 0.2) is 12.5 Å². The molecule has 1 unspecified atom stereocenters. The molecule has 0 aromatic carbocycles. The van der Waals surface area contributed by atoms with Gasteiger partial charge in [-0.15, -0.1) is 0 Å². The number of rotatable bonds is 4. The first-order chi connectivity index (χ1) is 7.40. The zero-order valence-electron chi connectivity index (χ0n) is 9.52. The van der Waals surface area contributed by atoms with Crippen molar-refractivity contribution in [2.24, 2.45) is 7.05 Å². The zero-order chi connectivity index (χ0) is 12.3. The number of nitrogens with one attached hydrogen (secondary N) is 1. The Labute approximate surface area is 93.3 Å². The molecule has 0 bridgehead atoms. The lowest BCUT2D eigenvalue weighted by molar-refractivity contribution is -0.143. The van der Waals surface area contributed by atoms with Crippen LogP contribution in [0.4, 0.5) is 0 Å². The van der Waals surface area contributed by atoms with Crippen LogP contribution in [0.5, 0.6) is 0 Å². The number of carboxylic acid groups (broad SMARTS) is 1. The van der Waals surface area contributed by atoms with Gasteiger partial charge in [-0.1, -0.05) is 6.92 Å². The number of hydrogen-bond donors (Lipinski definition) is 2. The Balaban J connectivity index is 2.86. The predicted octanol–water partition coefficient (Wildman–Crippen LogP) is 0.403. The van der Waals surface area contributed by atoms with Crippen molar-refractivity contribution >= 4 is 11.9 Å². The minimum atomic E-state index is -1.25. The molecule has 2 N–H and O–H groups in total. The first kappa shape index (κ1) is 12.2. The summed E-state index contributed by atoms with van der Waals surface area (Å²) in [7, 11) is 1.67. The molecular weight excluding hydrogens is 210 g/mol. The molecule has 1 aromatic rings. The van der Waals surface area contributed by atoms with Gasteiger partial charge in [0.25, 0.3) is 5.91 Å². The van der Waals surface area contributed by atoms with Crippen LogP contribution in [0.2, 0.25) is 0 Å². The summed E-state index contributed by atoms with van der Waals surface area (Å²) in [5.41, 5.74) is -0.914. The molecule has 1 heterocycles. The minimum Gasteiger partial charge on any atom is -0.480 e. The van der Waals surface area contributed by atoms with Gasteiger partial charge in [-0.3, -0.25) is 4.79 Å². The number of aromatic nitrogens is 2. The molecule has 0 radical (unpaired) electrons. The van der Waals surface area contributed by atoms with Crippen LogP contribution in [0.3, 0.4) is 0 Å². The molecule has 0 aliphatic heterocycles. The highest BCUT2D eigenvalue weighted by atomic mass is 16.4. The fourth-order valence-corrected chi connectivity index (χ4v) is 1.18. The van der Waals surface area contributed by atoms with E-state index in [0.29, 0.717) is 12.1 Å². The van der Waals surface area contributed by atoms with Crippen molar-refractivity contribution in [1.29, 1.82) is 0 Å². The average Bonchev–Trinajstić information content (AvgIpc) is 2.64. The van der Waals surface area contributed by atoms with Gasteiger partial charge in [0.2, 0.25) is 0 Å². The van der Waals surface area contributed by atoms with E-state index in [9.17, 15) is 9.59 Å². The van der Waals surface area contributed by atoms with Crippen molar-refractivity contribution in [2.75, 3.05) is 0 Å². The summed E-state index contributed by atoms with van der Waals surface area (Å²) in [5.74, 6) is -1.49. The number of hydrogen-bond acceptors (Lipinski definition) is 3. The van der Waals surface area contributed by atoms with E-state index in [1.54, 1.807) is 14.0 Å². The molecule has 6 nitrogen and oxygen atoms in total. The number of carbonyl (C=O) groups excluding carboxylic acids is 1. The van der Waals surface area contributed by atoms with E-state index in [2.05, 4.69) is 10.3 Å². The van der Waals surface area contributed by atoms with Gasteiger partial charge in [0.05, 0.1) is 12.5 Å². The number of aliphatic carboxylic acids is 1. The molecule has 1 atom stereocenters. The third-order valence-corrected chi connectivity index (χ3v) is 2.62. The van der Waals surface area contributed by atoms with Gasteiger partial charge >= 0.3 is 5.97 Å².